The molecular formula is C16H28N4. The molecule has 2 heterocycles. The highest BCUT2D eigenvalue weighted by Crippen LogP contribution is 2.20. The molecule has 0 amide bonds. The fraction of sp³-hybridized carbons (Fsp3) is 0.750. The fourth-order valence-electron chi connectivity index (χ4n) is 2.94. The fourth-order valence-corrected chi connectivity index (χ4v) is 2.94. The molecule has 1 aromatic rings. The second-order valence-corrected chi connectivity index (χ2v) is 5.78. The van der Waals surface area contributed by atoms with Crippen molar-refractivity contribution in [2.45, 2.75) is 52.4 Å². The number of anilines is 1. The average molecular weight is 276 g/mol. The van der Waals surface area contributed by atoms with E-state index in [1.165, 1.54) is 31.2 Å². The van der Waals surface area contributed by atoms with E-state index in [4.69, 9.17) is 9.97 Å². The Kier molecular flexibility index (Phi) is 5.77. The van der Waals surface area contributed by atoms with Crippen molar-refractivity contribution < 1.29 is 0 Å². The summed E-state index contributed by atoms with van der Waals surface area (Å²) in [6.45, 7) is 7.53. The van der Waals surface area contributed by atoms with Gasteiger partial charge >= 0.3 is 0 Å². The van der Waals surface area contributed by atoms with Crippen molar-refractivity contribution in [1.82, 2.24) is 15.3 Å². The van der Waals surface area contributed by atoms with E-state index in [1.807, 2.05) is 7.05 Å². The summed E-state index contributed by atoms with van der Waals surface area (Å²) in [4.78, 5) is 11.9. The third kappa shape index (κ3) is 3.92. The van der Waals surface area contributed by atoms with Gasteiger partial charge in [0.1, 0.15) is 0 Å². The van der Waals surface area contributed by atoms with Crippen LogP contribution in [-0.2, 0) is 6.42 Å². The van der Waals surface area contributed by atoms with Crippen molar-refractivity contribution in [2.24, 2.45) is 0 Å². The molecule has 1 fully saturated rings. The number of nitrogens with one attached hydrogen (secondary N) is 1. The molecule has 0 radical (unpaired) electrons. The summed E-state index contributed by atoms with van der Waals surface area (Å²) < 4.78 is 0. The van der Waals surface area contributed by atoms with E-state index in [-0.39, 0.29) is 0 Å². The first-order valence-corrected chi connectivity index (χ1v) is 7.96. The Hall–Kier alpha value is -1.16. The zero-order valence-corrected chi connectivity index (χ0v) is 13.2. The molecule has 4 heteroatoms. The van der Waals surface area contributed by atoms with E-state index in [0.717, 1.165) is 49.8 Å². The van der Waals surface area contributed by atoms with Gasteiger partial charge in [-0.25, -0.2) is 9.97 Å². The molecule has 1 saturated heterocycles. The van der Waals surface area contributed by atoms with Crippen molar-refractivity contribution in [3.8, 4) is 0 Å². The van der Waals surface area contributed by atoms with Crippen LogP contribution in [0.25, 0.3) is 0 Å². The lowest BCUT2D eigenvalue weighted by atomic mass is 10.1. The topological polar surface area (TPSA) is 41.1 Å². The summed E-state index contributed by atoms with van der Waals surface area (Å²) >= 11 is 0. The molecule has 0 bridgehead atoms. The SMILES string of the molecule is CNCCCc1c(C)nc(N2CCCCCC2)nc1C. The summed E-state index contributed by atoms with van der Waals surface area (Å²) in [5, 5.41) is 3.20. The van der Waals surface area contributed by atoms with Gasteiger partial charge in [-0.3, -0.25) is 0 Å². The van der Waals surface area contributed by atoms with E-state index < -0.39 is 0 Å². The van der Waals surface area contributed by atoms with Crippen molar-refractivity contribution in [1.29, 1.82) is 0 Å². The maximum Gasteiger partial charge on any atom is 0.225 e. The quantitative estimate of drug-likeness (QED) is 0.839. The van der Waals surface area contributed by atoms with E-state index in [1.54, 1.807) is 0 Å². The molecule has 0 atom stereocenters. The van der Waals surface area contributed by atoms with Gasteiger partial charge in [-0.1, -0.05) is 12.8 Å². The van der Waals surface area contributed by atoms with E-state index in [2.05, 4.69) is 24.1 Å². The molecule has 0 saturated carbocycles. The molecule has 1 N–H and O–H groups in total. The number of rotatable bonds is 5. The Morgan fingerprint density at radius 2 is 1.60 bits per heavy atom. The van der Waals surface area contributed by atoms with Crippen LogP contribution in [0.15, 0.2) is 0 Å². The van der Waals surface area contributed by atoms with Gasteiger partial charge in [-0.15, -0.1) is 0 Å². The Labute approximate surface area is 123 Å². The Morgan fingerprint density at radius 3 is 2.15 bits per heavy atom. The van der Waals surface area contributed by atoms with Crippen molar-refractivity contribution >= 4 is 5.95 Å². The molecule has 1 aliphatic heterocycles. The molecule has 0 spiro atoms. The third-order valence-electron chi connectivity index (χ3n) is 4.15. The standard InChI is InChI=1S/C16H28N4/c1-13-15(9-8-10-17-3)14(2)19-16(18-13)20-11-6-4-5-7-12-20/h17H,4-12H2,1-3H3. The first-order chi connectivity index (χ1) is 9.72. The monoisotopic (exact) mass is 276 g/mol. The van der Waals surface area contributed by atoms with Gasteiger partial charge in [-0.05, 0) is 58.7 Å². The number of nitrogens with zero attached hydrogens (tertiary/aromatic N) is 3. The lowest BCUT2D eigenvalue weighted by molar-refractivity contribution is 0.709. The lowest BCUT2D eigenvalue weighted by Gasteiger charge is -2.22. The third-order valence-corrected chi connectivity index (χ3v) is 4.15. The maximum atomic E-state index is 4.77. The molecule has 0 aliphatic carbocycles. The van der Waals surface area contributed by atoms with E-state index in [0.29, 0.717) is 0 Å². The van der Waals surface area contributed by atoms with E-state index >= 15 is 0 Å². The maximum absolute atomic E-state index is 4.77. The second kappa shape index (κ2) is 7.58. The van der Waals surface area contributed by atoms with Crippen LogP contribution in [0.1, 0.15) is 49.1 Å². The molecule has 112 valence electrons. The molecule has 20 heavy (non-hydrogen) atoms. The van der Waals surface area contributed by atoms with Gasteiger partial charge in [-0.2, -0.15) is 0 Å². The molecule has 0 aromatic carbocycles. The zero-order chi connectivity index (χ0) is 14.4. The van der Waals surface area contributed by atoms with Crippen LogP contribution in [0.5, 0.6) is 0 Å². The molecule has 2 rings (SSSR count). The summed E-state index contributed by atoms with van der Waals surface area (Å²) in [6.07, 6.45) is 7.44. The summed E-state index contributed by atoms with van der Waals surface area (Å²) in [7, 11) is 2.00. The predicted octanol–water partition coefficient (Wildman–Crippen LogP) is 2.63. The minimum atomic E-state index is 0.944. The van der Waals surface area contributed by atoms with Gasteiger partial charge in [0, 0.05) is 24.5 Å². The van der Waals surface area contributed by atoms with Crippen LogP contribution in [-0.4, -0.2) is 36.6 Å². The van der Waals surface area contributed by atoms with Gasteiger partial charge < -0.3 is 10.2 Å². The van der Waals surface area contributed by atoms with Crippen LogP contribution < -0.4 is 10.2 Å². The predicted molar refractivity (Wildman–Crippen MR) is 84.4 cm³/mol. The van der Waals surface area contributed by atoms with Crippen molar-refractivity contribution in [2.75, 3.05) is 31.6 Å². The van der Waals surface area contributed by atoms with Gasteiger partial charge in [0.2, 0.25) is 5.95 Å². The normalized spacial score (nSPS) is 16.2. The molecular weight excluding hydrogens is 248 g/mol. The first-order valence-electron chi connectivity index (χ1n) is 7.96. The van der Waals surface area contributed by atoms with Crippen molar-refractivity contribution in [3.63, 3.8) is 0 Å². The van der Waals surface area contributed by atoms with Crippen LogP contribution in [0.2, 0.25) is 0 Å². The molecule has 1 aromatic heterocycles. The van der Waals surface area contributed by atoms with Gasteiger partial charge in [0.15, 0.2) is 0 Å². The first kappa shape index (κ1) is 15.2. The largest absolute Gasteiger partial charge is 0.341 e. The minimum Gasteiger partial charge on any atom is -0.341 e. The van der Waals surface area contributed by atoms with Crippen LogP contribution in [0.4, 0.5) is 5.95 Å². The highest BCUT2D eigenvalue weighted by molar-refractivity contribution is 5.36. The number of aryl methyl sites for hydroxylation is 2. The summed E-state index contributed by atoms with van der Waals surface area (Å²) in [6, 6.07) is 0. The van der Waals surface area contributed by atoms with Gasteiger partial charge in [0.05, 0.1) is 0 Å². The number of hydrogen-bond donors (Lipinski definition) is 1. The summed E-state index contributed by atoms with van der Waals surface area (Å²) in [5.41, 5.74) is 3.65. The Bertz CT molecular complexity index is 399. The number of hydrogen-bond acceptors (Lipinski definition) is 4. The smallest absolute Gasteiger partial charge is 0.225 e. The van der Waals surface area contributed by atoms with Crippen LogP contribution in [0, 0.1) is 13.8 Å². The Balaban J connectivity index is 2.11. The van der Waals surface area contributed by atoms with Crippen molar-refractivity contribution in [3.05, 3.63) is 17.0 Å². The Morgan fingerprint density at radius 1 is 1.00 bits per heavy atom. The highest BCUT2D eigenvalue weighted by Gasteiger charge is 2.15. The minimum absolute atomic E-state index is 0.944. The molecule has 1 aliphatic rings. The average Bonchev–Trinajstić information content (AvgIpc) is 2.70. The molecule has 4 nitrogen and oxygen atoms in total. The zero-order valence-electron chi connectivity index (χ0n) is 13.2. The highest BCUT2D eigenvalue weighted by atomic mass is 15.2. The van der Waals surface area contributed by atoms with E-state index in [9.17, 15) is 0 Å². The second-order valence-electron chi connectivity index (χ2n) is 5.78. The summed E-state index contributed by atoms with van der Waals surface area (Å²) in [5.74, 6) is 0.944. The number of aromatic nitrogens is 2. The van der Waals surface area contributed by atoms with Gasteiger partial charge in [0.25, 0.3) is 0 Å². The molecule has 0 unspecified atom stereocenters. The van der Waals surface area contributed by atoms with Crippen LogP contribution in [0.3, 0.4) is 0 Å². The van der Waals surface area contributed by atoms with Crippen LogP contribution >= 0.6 is 0 Å². The lowest BCUT2D eigenvalue weighted by Crippen LogP contribution is -2.27.